The van der Waals surface area contributed by atoms with Crippen molar-refractivity contribution in [1.29, 1.82) is 0 Å². The normalized spacial score (nSPS) is 12.1. The lowest BCUT2D eigenvalue weighted by Crippen LogP contribution is -2.35. The molecule has 3 N–H and O–H groups in total. The van der Waals surface area contributed by atoms with Gasteiger partial charge in [0, 0.05) is 32.1 Å². The number of rotatable bonds is 22. The van der Waals surface area contributed by atoms with Gasteiger partial charge in [-0.1, -0.05) is 64.7 Å². The Bertz CT molecular complexity index is 389. The van der Waals surface area contributed by atoms with E-state index >= 15 is 0 Å². The van der Waals surface area contributed by atoms with Crippen molar-refractivity contribution in [2.24, 2.45) is 0 Å². The van der Waals surface area contributed by atoms with E-state index in [1.54, 1.807) is 0 Å². The van der Waals surface area contributed by atoms with Crippen LogP contribution in [0, 0.1) is 0 Å². The molecule has 29 heavy (non-hydrogen) atoms. The van der Waals surface area contributed by atoms with Crippen LogP contribution < -0.4 is 5.32 Å². The van der Waals surface area contributed by atoms with Crippen molar-refractivity contribution in [3.63, 3.8) is 0 Å². The summed E-state index contributed by atoms with van der Waals surface area (Å²) in [5.41, 5.74) is 0. The van der Waals surface area contributed by atoms with Crippen LogP contribution in [0.15, 0.2) is 0 Å². The fourth-order valence-corrected chi connectivity index (χ4v) is 3.33. The summed E-state index contributed by atoms with van der Waals surface area (Å²) in [6, 6.07) is 0.218. The van der Waals surface area contributed by atoms with Gasteiger partial charge in [0.1, 0.15) is 0 Å². The van der Waals surface area contributed by atoms with E-state index in [1.807, 2.05) is 0 Å². The summed E-state index contributed by atoms with van der Waals surface area (Å²) < 4.78 is 5.49. The molecule has 0 aliphatic carbocycles. The van der Waals surface area contributed by atoms with Crippen LogP contribution in [-0.4, -0.2) is 48.0 Å². The maximum atomic E-state index is 12.2. The highest BCUT2D eigenvalue weighted by molar-refractivity contribution is 5.76. The highest BCUT2D eigenvalue weighted by atomic mass is 16.5. The summed E-state index contributed by atoms with van der Waals surface area (Å²) in [5.74, 6) is -0.640. The molecule has 0 bridgehead atoms. The zero-order chi connectivity index (χ0) is 21.6. The van der Waals surface area contributed by atoms with E-state index in [4.69, 9.17) is 14.9 Å². The van der Waals surface area contributed by atoms with Gasteiger partial charge in [-0.25, -0.2) is 0 Å². The predicted octanol–water partition coefficient (Wildman–Crippen LogP) is 4.83. The molecule has 1 amide bonds. The fourth-order valence-electron chi connectivity index (χ4n) is 3.33. The van der Waals surface area contributed by atoms with Crippen molar-refractivity contribution in [2.45, 2.75) is 116 Å². The standard InChI is InChI=1S/C23H45NO5/c1-2-3-19-29-20-17-22(26)24-21(15-11-7-5-9-13-18-25)14-10-6-4-8-12-16-23(27)28/h21,25H,2-20H2,1H3,(H,24,26)(H,27,28). The van der Waals surface area contributed by atoms with E-state index in [-0.39, 0.29) is 25.0 Å². The van der Waals surface area contributed by atoms with Crippen LogP contribution in [0.4, 0.5) is 0 Å². The number of carboxylic acids is 1. The number of hydrogen-bond donors (Lipinski definition) is 3. The quantitative estimate of drug-likeness (QED) is 0.220. The molecule has 0 spiro atoms. The van der Waals surface area contributed by atoms with E-state index in [9.17, 15) is 9.59 Å². The van der Waals surface area contributed by atoms with Gasteiger partial charge < -0.3 is 20.3 Å². The Morgan fingerprint density at radius 2 is 1.38 bits per heavy atom. The van der Waals surface area contributed by atoms with Gasteiger partial charge in [-0.2, -0.15) is 0 Å². The van der Waals surface area contributed by atoms with E-state index in [0.29, 0.717) is 13.0 Å². The summed E-state index contributed by atoms with van der Waals surface area (Å²) in [5, 5.41) is 20.7. The molecule has 0 aliphatic heterocycles. The number of carboxylic acid groups (broad SMARTS) is 1. The van der Waals surface area contributed by atoms with Gasteiger partial charge in [-0.15, -0.1) is 0 Å². The highest BCUT2D eigenvalue weighted by Gasteiger charge is 2.12. The molecule has 0 aromatic rings. The van der Waals surface area contributed by atoms with Gasteiger partial charge in [-0.3, -0.25) is 9.59 Å². The van der Waals surface area contributed by atoms with Gasteiger partial charge in [0.2, 0.25) is 5.91 Å². The third-order valence-corrected chi connectivity index (χ3v) is 5.13. The first-order valence-corrected chi connectivity index (χ1v) is 11.8. The monoisotopic (exact) mass is 415 g/mol. The average molecular weight is 416 g/mol. The van der Waals surface area contributed by atoms with Crippen LogP contribution in [0.3, 0.4) is 0 Å². The first kappa shape index (κ1) is 27.9. The number of amides is 1. The zero-order valence-electron chi connectivity index (χ0n) is 18.6. The first-order valence-electron chi connectivity index (χ1n) is 11.8. The second kappa shape index (κ2) is 21.6. The third kappa shape index (κ3) is 21.4. The van der Waals surface area contributed by atoms with Crippen molar-refractivity contribution in [2.75, 3.05) is 19.8 Å². The van der Waals surface area contributed by atoms with Crippen LogP contribution in [0.5, 0.6) is 0 Å². The van der Waals surface area contributed by atoms with Crippen molar-refractivity contribution in [3.8, 4) is 0 Å². The second-order valence-corrected chi connectivity index (χ2v) is 7.96. The maximum Gasteiger partial charge on any atom is 0.303 e. The number of aliphatic hydroxyl groups excluding tert-OH is 1. The Morgan fingerprint density at radius 1 is 0.793 bits per heavy atom. The van der Waals surface area contributed by atoms with Gasteiger partial charge in [0.05, 0.1) is 6.61 Å². The van der Waals surface area contributed by atoms with E-state index in [0.717, 1.165) is 96.5 Å². The molecular weight excluding hydrogens is 370 g/mol. The minimum absolute atomic E-state index is 0.0771. The zero-order valence-corrected chi connectivity index (χ0v) is 18.6. The number of carbonyl (C=O) groups is 2. The van der Waals surface area contributed by atoms with Crippen molar-refractivity contribution in [1.82, 2.24) is 5.32 Å². The SMILES string of the molecule is CCCCOCCC(=O)NC(CCCCCCCO)CCCCCCCC(=O)O. The Balaban J connectivity index is 4.03. The summed E-state index contributed by atoms with van der Waals surface area (Å²) in [7, 11) is 0. The molecule has 172 valence electrons. The predicted molar refractivity (Wildman–Crippen MR) is 117 cm³/mol. The first-order chi connectivity index (χ1) is 14.1. The van der Waals surface area contributed by atoms with Crippen molar-refractivity contribution < 1.29 is 24.5 Å². The Kier molecular flexibility index (Phi) is 20.7. The second-order valence-electron chi connectivity index (χ2n) is 7.96. The van der Waals surface area contributed by atoms with Crippen molar-refractivity contribution >= 4 is 11.9 Å². The lowest BCUT2D eigenvalue weighted by atomic mass is 10.00. The number of aliphatic hydroxyl groups is 1. The van der Waals surface area contributed by atoms with E-state index in [2.05, 4.69) is 12.2 Å². The van der Waals surface area contributed by atoms with Gasteiger partial charge >= 0.3 is 5.97 Å². The number of carbonyl (C=O) groups excluding carboxylic acids is 1. The van der Waals surface area contributed by atoms with Gasteiger partial charge in [0.25, 0.3) is 0 Å². The number of ether oxygens (including phenoxy) is 1. The molecule has 0 radical (unpaired) electrons. The van der Waals surface area contributed by atoms with Crippen molar-refractivity contribution in [3.05, 3.63) is 0 Å². The van der Waals surface area contributed by atoms with E-state index < -0.39 is 5.97 Å². The number of hydrogen-bond acceptors (Lipinski definition) is 4. The molecule has 1 atom stereocenters. The summed E-state index contributed by atoms with van der Waals surface area (Å²) in [4.78, 5) is 22.8. The summed E-state index contributed by atoms with van der Waals surface area (Å²) in [6.45, 7) is 3.61. The lowest BCUT2D eigenvalue weighted by molar-refractivity contribution is -0.137. The Hall–Kier alpha value is -1.14. The third-order valence-electron chi connectivity index (χ3n) is 5.13. The van der Waals surface area contributed by atoms with Crippen LogP contribution in [0.2, 0.25) is 0 Å². The average Bonchev–Trinajstić information content (AvgIpc) is 2.69. The topological polar surface area (TPSA) is 95.9 Å². The minimum atomic E-state index is -0.717. The molecule has 0 aromatic heterocycles. The molecule has 0 aliphatic rings. The van der Waals surface area contributed by atoms with Gasteiger partial charge in [-0.05, 0) is 32.1 Å². The van der Waals surface area contributed by atoms with Crippen LogP contribution in [-0.2, 0) is 14.3 Å². The molecule has 0 aromatic carbocycles. The molecular formula is C23H45NO5. The highest BCUT2D eigenvalue weighted by Crippen LogP contribution is 2.14. The van der Waals surface area contributed by atoms with Crippen LogP contribution in [0.25, 0.3) is 0 Å². The molecule has 6 heteroatoms. The molecule has 0 fully saturated rings. The summed E-state index contributed by atoms with van der Waals surface area (Å²) in [6.07, 6.45) is 15.0. The largest absolute Gasteiger partial charge is 0.481 e. The maximum absolute atomic E-state index is 12.2. The van der Waals surface area contributed by atoms with E-state index in [1.165, 1.54) is 0 Å². The van der Waals surface area contributed by atoms with Gasteiger partial charge in [0.15, 0.2) is 0 Å². The number of nitrogens with one attached hydrogen (secondary N) is 1. The van der Waals surface area contributed by atoms with Crippen LogP contribution >= 0.6 is 0 Å². The van der Waals surface area contributed by atoms with Crippen LogP contribution in [0.1, 0.15) is 110 Å². The minimum Gasteiger partial charge on any atom is -0.481 e. The molecule has 0 heterocycles. The molecule has 0 rings (SSSR count). The summed E-state index contributed by atoms with van der Waals surface area (Å²) >= 11 is 0. The number of unbranched alkanes of at least 4 members (excludes halogenated alkanes) is 9. The Morgan fingerprint density at radius 3 is 1.97 bits per heavy atom. The lowest BCUT2D eigenvalue weighted by Gasteiger charge is -2.19. The molecule has 1 unspecified atom stereocenters. The fraction of sp³-hybridized carbons (Fsp3) is 0.913. The molecule has 0 saturated carbocycles. The number of aliphatic carboxylic acids is 1. The Labute approximate surface area is 177 Å². The molecule has 0 saturated heterocycles. The molecule has 6 nitrogen and oxygen atoms in total. The smallest absolute Gasteiger partial charge is 0.303 e.